The Morgan fingerprint density at radius 1 is 1.19 bits per heavy atom. The maximum absolute atomic E-state index is 13.7. The van der Waals surface area contributed by atoms with Gasteiger partial charge in [0, 0.05) is 17.6 Å². The Hall–Kier alpha value is -4.02. The van der Waals surface area contributed by atoms with Crippen molar-refractivity contribution in [3.8, 4) is 0 Å². The van der Waals surface area contributed by atoms with Gasteiger partial charge >= 0.3 is 5.96 Å². The number of sulfonamides is 1. The fourth-order valence-corrected chi connectivity index (χ4v) is 6.55. The number of likely N-dealkylation sites (tertiary alicyclic amines) is 1. The van der Waals surface area contributed by atoms with Crippen LogP contribution in [0.4, 0.5) is 0 Å². The number of nitrogens with two attached hydrogens (primary N) is 2. The Bertz CT molecular complexity index is 1520. The lowest BCUT2D eigenvalue weighted by molar-refractivity contribution is -0.468. The van der Waals surface area contributed by atoms with Crippen molar-refractivity contribution in [1.82, 2.24) is 19.4 Å². The van der Waals surface area contributed by atoms with Gasteiger partial charge in [-0.1, -0.05) is 23.7 Å². The average Bonchev–Trinajstić information content (AvgIpc) is 3.32. The predicted molar refractivity (Wildman–Crippen MR) is 155 cm³/mol. The summed E-state index contributed by atoms with van der Waals surface area (Å²) < 4.78 is 28.3. The molecule has 1 aliphatic heterocycles. The number of benzene rings is 2. The molecule has 0 unspecified atom stereocenters. The highest BCUT2D eigenvalue weighted by Gasteiger charge is 2.45. The van der Waals surface area contributed by atoms with Crippen molar-refractivity contribution in [2.75, 3.05) is 26.2 Å². The van der Waals surface area contributed by atoms with Gasteiger partial charge in [-0.15, -0.1) is 9.75 Å². The summed E-state index contributed by atoms with van der Waals surface area (Å²) in [5.74, 6) is -2.58. The second-order valence-corrected chi connectivity index (χ2v) is 12.3. The number of hydrogen-bond acceptors (Lipinski definition) is 8. The zero-order valence-corrected chi connectivity index (χ0v) is 24.8. The Labute approximate surface area is 247 Å². The van der Waals surface area contributed by atoms with Crippen LogP contribution in [0.15, 0.2) is 46.6 Å². The number of nitrogens with one attached hydrogen (secondary N) is 1. The van der Waals surface area contributed by atoms with Crippen molar-refractivity contribution < 1.29 is 27.6 Å². The molecular formula is C25H33ClN8O7S. The summed E-state index contributed by atoms with van der Waals surface area (Å²) in [6.07, 6.45) is 0.0267. The van der Waals surface area contributed by atoms with E-state index < -0.39 is 52.3 Å². The molecule has 1 saturated heterocycles. The molecule has 1 heterocycles. The van der Waals surface area contributed by atoms with E-state index in [2.05, 4.69) is 10.6 Å². The highest BCUT2D eigenvalue weighted by molar-refractivity contribution is 7.89. The van der Waals surface area contributed by atoms with Gasteiger partial charge in [-0.3, -0.25) is 25.4 Å². The van der Waals surface area contributed by atoms with Crippen molar-refractivity contribution >= 4 is 56.1 Å². The molecule has 0 radical (unpaired) electrons. The van der Waals surface area contributed by atoms with Gasteiger partial charge in [0.25, 0.3) is 0 Å². The van der Waals surface area contributed by atoms with Gasteiger partial charge in [0.15, 0.2) is 0 Å². The average molecular weight is 625 g/mol. The number of primary amides is 1. The monoisotopic (exact) mass is 624 g/mol. The number of guanidine groups is 1. The molecule has 15 nitrogen and oxygen atoms in total. The summed E-state index contributed by atoms with van der Waals surface area (Å²) >= 11 is 6.03. The third-order valence-corrected chi connectivity index (χ3v) is 9.01. The van der Waals surface area contributed by atoms with Gasteiger partial charge in [-0.2, -0.15) is 4.31 Å². The molecule has 0 aliphatic carbocycles. The first-order valence-corrected chi connectivity index (χ1v) is 14.8. The lowest BCUT2D eigenvalue weighted by Gasteiger charge is -2.33. The Kier molecular flexibility index (Phi) is 10.3. The first-order valence-electron chi connectivity index (χ1n) is 13.0. The summed E-state index contributed by atoms with van der Waals surface area (Å²) in [5.41, 5.74) is 10.8. The highest BCUT2D eigenvalue weighted by atomic mass is 35.5. The van der Waals surface area contributed by atoms with Gasteiger partial charge in [0.1, 0.15) is 17.4 Å². The molecule has 5 N–H and O–H groups in total. The van der Waals surface area contributed by atoms with Crippen LogP contribution in [0, 0.1) is 10.1 Å². The van der Waals surface area contributed by atoms with E-state index in [1.807, 2.05) is 0 Å². The summed E-state index contributed by atoms with van der Waals surface area (Å²) in [6, 6.07) is 6.74. The van der Waals surface area contributed by atoms with E-state index in [4.69, 9.17) is 23.1 Å². The topological polar surface area (TPSA) is 215 Å². The molecule has 3 amide bonds. The van der Waals surface area contributed by atoms with Crippen LogP contribution in [0.3, 0.4) is 0 Å². The number of amides is 3. The number of hydrogen-bond donors (Lipinski definition) is 3. The zero-order chi connectivity index (χ0) is 31.4. The van der Waals surface area contributed by atoms with E-state index in [0.29, 0.717) is 15.8 Å². The van der Waals surface area contributed by atoms with Gasteiger partial charge in [-0.25, -0.2) is 8.42 Å². The zero-order valence-electron chi connectivity index (χ0n) is 23.3. The van der Waals surface area contributed by atoms with Crippen molar-refractivity contribution in [1.29, 1.82) is 0 Å². The molecule has 1 aliphatic rings. The number of carbonyl (C=O) groups is 3. The number of nitrogens with zero attached hydrogens (tertiary/aromatic N) is 5. The fourth-order valence-electron chi connectivity index (χ4n) is 4.76. The largest absolute Gasteiger partial charge is 0.719 e. The van der Waals surface area contributed by atoms with Gasteiger partial charge in [0.05, 0.1) is 24.5 Å². The molecular weight excluding hydrogens is 592 g/mol. The van der Waals surface area contributed by atoms with Gasteiger partial charge in [-0.05, 0) is 62.2 Å². The van der Waals surface area contributed by atoms with Crippen LogP contribution >= 0.6 is 11.6 Å². The van der Waals surface area contributed by atoms with E-state index >= 15 is 0 Å². The first-order chi connectivity index (χ1) is 19.7. The standard InChI is InChI=1S/C25H33ClN8O7S/c1-15(2)31(11-9-29-25(28)34(39)30-38)23(36)16(3)32-10-8-21(24(32)37)33(14-22(27)35)42(40,41)20-7-5-17-12-19(26)6-4-18(17)13-20/h4-7,12-13,15-16,21,29H,8-11,14,28H2,1-3H3,(H2,27,35)/b34-25-/t16-,21-/m0/s1. The maximum Gasteiger partial charge on any atom is 0.371 e. The molecule has 0 spiro atoms. The van der Waals surface area contributed by atoms with E-state index in [1.165, 1.54) is 28.9 Å². The van der Waals surface area contributed by atoms with E-state index in [0.717, 1.165) is 4.31 Å². The molecule has 2 aromatic carbocycles. The Balaban J connectivity index is 1.83. The summed E-state index contributed by atoms with van der Waals surface area (Å²) in [5, 5.41) is 17.6. The van der Waals surface area contributed by atoms with Gasteiger partial charge < -0.3 is 20.7 Å². The third-order valence-electron chi connectivity index (χ3n) is 6.92. The predicted octanol–water partition coefficient (Wildman–Crippen LogP) is 0.292. The van der Waals surface area contributed by atoms with Crippen LogP contribution in [-0.2, 0) is 24.4 Å². The normalized spacial score (nSPS) is 17.0. The van der Waals surface area contributed by atoms with Gasteiger partial charge in [0.2, 0.25) is 27.7 Å². The molecule has 1 fully saturated rings. The number of rotatable bonds is 12. The minimum atomic E-state index is -4.37. The maximum atomic E-state index is 13.7. The van der Waals surface area contributed by atoms with Crippen LogP contribution in [0.2, 0.25) is 5.02 Å². The molecule has 0 aromatic heterocycles. The lowest BCUT2D eigenvalue weighted by atomic mass is 10.1. The molecule has 3 rings (SSSR count). The summed E-state index contributed by atoms with van der Waals surface area (Å²) in [4.78, 5) is 51.5. The second-order valence-electron chi connectivity index (χ2n) is 9.97. The minimum absolute atomic E-state index is 0.00982. The van der Waals surface area contributed by atoms with Crippen LogP contribution in [0.5, 0.6) is 0 Å². The smallest absolute Gasteiger partial charge is 0.371 e. The summed E-state index contributed by atoms with van der Waals surface area (Å²) in [6.45, 7) is 4.41. The Morgan fingerprint density at radius 2 is 1.83 bits per heavy atom. The lowest BCUT2D eigenvalue weighted by Crippen LogP contribution is -2.54. The molecule has 0 saturated carbocycles. The molecule has 0 bridgehead atoms. The first kappa shape index (κ1) is 32.5. The van der Waals surface area contributed by atoms with Crippen LogP contribution in [-0.4, -0.2) is 95.4 Å². The van der Waals surface area contributed by atoms with Crippen molar-refractivity contribution in [2.24, 2.45) is 16.8 Å². The van der Waals surface area contributed by atoms with Crippen LogP contribution in [0.25, 0.3) is 10.8 Å². The van der Waals surface area contributed by atoms with Crippen molar-refractivity contribution in [3.05, 3.63) is 51.5 Å². The van der Waals surface area contributed by atoms with Crippen LogP contribution < -0.4 is 16.8 Å². The van der Waals surface area contributed by atoms with E-state index in [-0.39, 0.29) is 41.8 Å². The van der Waals surface area contributed by atoms with Crippen LogP contribution in [0.1, 0.15) is 27.2 Å². The van der Waals surface area contributed by atoms with E-state index in [1.54, 1.807) is 38.1 Å². The number of fused-ring (bicyclic) bond motifs is 1. The SMILES string of the molecule is CC(C)N(CCN/C(N)=[N+](\[O-])N=O)C(=O)[C@H](C)N1CC[C@H](N(CC(N)=O)S(=O)(=O)c2ccc3cc(Cl)ccc3c2)C1=O. The van der Waals surface area contributed by atoms with E-state index in [9.17, 15) is 32.9 Å². The quantitative estimate of drug-likeness (QED) is 0.0737. The minimum Gasteiger partial charge on any atom is -0.719 e. The summed E-state index contributed by atoms with van der Waals surface area (Å²) in [7, 11) is -4.37. The molecule has 2 atom stereocenters. The molecule has 228 valence electrons. The number of halogens is 1. The molecule has 42 heavy (non-hydrogen) atoms. The fraction of sp³-hybridized carbons (Fsp3) is 0.440. The number of nitroso groups, excluding NO2 is 1. The Morgan fingerprint density at radius 3 is 2.45 bits per heavy atom. The third kappa shape index (κ3) is 7.06. The van der Waals surface area contributed by atoms with Crippen molar-refractivity contribution in [3.63, 3.8) is 0 Å². The molecule has 17 heteroatoms. The van der Waals surface area contributed by atoms with Crippen molar-refractivity contribution in [2.45, 2.75) is 50.2 Å². The second kappa shape index (κ2) is 13.3. The molecule has 2 aromatic rings. The number of carbonyl (C=O) groups excluding carboxylic acids is 3. The highest BCUT2D eigenvalue weighted by Crippen LogP contribution is 2.29.